The number of hydrogen-bond donors (Lipinski definition) is 1. The Morgan fingerprint density at radius 2 is 2.27 bits per heavy atom. The summed E-state index contributed by atoms with van der Waals surface area (Å²) in [4.78, 5) is 19.5. The Morgan fingerprint density at radius 3 is 2.82 bits per heavy atom. The van der Waals surface area contributed by atoms with E-state index in [4.69, 9.17) is 16.3 Å². The van der Waals surface area contributed by atoms with Gasteiger partial charge in [-0.1, -0.05) is 12.8 Å². The first-order chi connectivity index (χ1) is 10.6. The molecule has 118 valence electrons. The Balaban J connectivity index is 2.08. The van der Waals surface area contributed by atoms with Gasteiger partial charge in [-0.3, -0.25) is 4.79 Å². The molecule has 0 bridgehead atoms. The van der Waals surface area contributed by atoms with Crippen molar-refractivity contribution in [2.45, 2.75) is 6.92 Å². The summed E-state index contributed by atoms with van der Waals surface area (Å²) < 4.78 is 5.33. The summed E-state index contributed by atoms with van der Waals surface area (Å²) in [5, 5.41) is 9.05. The van der Waals surface area contributed by atoms with Crippen molar-refractivity contribution in [1.82, 2.24) is 4.98 Å². The van der Waals surface area contributed by atoms with Crippen molar-refractivity contribution in [2.24, 2.45) is 5.92 Å². The number of pyridine rings is 1. The molecule has 22 heavy (non-hydrogen) atoms. The molecule has 1 aromatic heterocycles. The third kappa shape index (κ3) is 4.12. The van der Waals surface area contributed by atoms with E-state index >= 15 is 0 Å². The molecule has 2 rings (SSSR count). The van der Waals surface area contributed by atoms with Crippen molar-refractivity contribution in [3.8, 4) is 12.3 Å². The molecule has 1 saturated heterocycles. The molecular formula is C16H21N3O3. The molecule has 1 unspecified atom stereocenters. The number of terminal acetylenes is 1. The van der Waals surface area contributed by atoms with Crippen LogP contribution in [0, 0.1) is 18.3 Å². The standard InChI is InChI=1S/C16H21N3O3/c1-3-6-19(12-13(2)16(20)21)14-4-5-15(17-11-14)18-7-9-22-10-8-18/h1,4-5,11,13H,6-10,12H2,2H3,(H,20,21). The van der Waals surface area contributed by atoms with Gasteiger partial charge >= 0.3 is 5.97 Å². The minimum absolute atomic E-state index is 0.357. The van der Waals surface area contributed by atoms with Crippen LogP contribution in [0.1, 0.15) is 6.92 Å². The van der Waals surface area contributed by atoms with Gasteiger partial charge in [-0.2, -0.15) is 0 Å². The Morgan fingerprint density at radius 1 is 1.55 bits per heavy atom. The SMILES string of the molecule is C#CCN(CC(C)C(=O)O)c1ccc(N2CCOCC2)nc1. The number of aromatic nitrogens is 1. The number of nitrogens with zero attached hydrogens (tertiary/aromatic N) is 3. The molecular weight excluding hydrogens is 282 g/mol. The Bertz CT molecular complexity index is 533. The predicted molar refractivity (Wildman–Crippen MR) is 85.1 cm³/mol. The van der Waals surface area contributed by atoms with Gasteiger partial charge in [0.25, 0.3) is 0 Å². The number of carbonyl (C=O) groups is 1. The number of rotatable bonds is 6. The van der Waals surface area contributed by atoms with Crippen LogP contribution < -0.4 is 9.80 Å². The van der Waals surface area contributed by atoms with Crippen LogP contribution in [0.3, 0.4) is 0 Å². The first-order valence-electron chi connectivity index (χ1n) is 7.31. The maximum absolute atomic E-state index is 11.0. The molecule has 0 aromatic carbocycles. The average Bonchev–Trinajstić information content (AvgIpc) is 2.55. The van der Waals surface area contributed by atoms with Gasteiger partial charge in [0.05, 0.1) is 37.6 Å². The summed E-state index contributed by atoms with van der Waals surface area (Å²) in [5.41, 5.74) is 0.836. The second-order valence-electron chi connectivity index (χ2n) is 5.30. The van der Waals surface area contributed by atoms with E-state index in [9.17, 15) is 4.79 Å². The number of morpholine rings is 1. The van der Waals surface area contributed by atoms with Crippen LogP contribution in [0.2, 0.25) is 0 Å². The Hall–Kier alpha value is -2.26. The highest BCUT2D eigenvalue weighted by molar-refractivity contribution is 5.70. The molecule has 1 fully saturated rings. The maximum atomic E-state index is 11.0. The van der Waals surface area contributed by atoms with Crippen molar-refractivity contribution in [1.29, 1.82) is 0 Å². The zero-order valence-electron chi connectivity index (χ0n) is 12.7. The molecule has 6 nitrogen and oxygen atoms in total. The molecule has 1 aliphatic rings. The normalized spacial score (nSPS) is 15.9. The Kier molecular flexibility index (Phi) is 5.61. The number of carboxylic acid groups (broad SMARTS) is 1. The van der Waals surface area contributed by atoms with Crippen molar-refractivity contribution in [2.75, 3.05) is 49.2 Å². The molecule has 0 aliphatic carbocycles. The lowest BCUT2D eigenvalue weighted by Crippen LogP contribution is -2.37. The van der Waals surface area contributed by atoms with Crippen molar-refractivity contribution in [3.63, 3.8) is 0 Å². The van der Waals surface area contributed by atoms with Gasteiger partial charge in [-0.05, 0) is 12.1 Å². The number of carboxylic acids is 1. The fraction of sp³-hybridized carbons (Fsp3) is 0.500. The largest absolute Gasteiger partial charge is 0.481 e. The number of ether oxygens (including phenoxy) is 1. The van der Waals surface area contributed by atoms with E-state index in [2.05, 4.69) is 15.8 Å². The van der Waals surface area contributed by atoms with Crippen molar-refractivity contribution < 1.29 is 14.6 Å². The summed E-state index contributed by atoms with van der Waals surface area (Å²) in [6.45, 7) is 5.47. The summed E-state index contributed by atoms with van der Waals surface area (Å²) in [6, 6.07) is 3.87. The van der Waals surface area contributed by atoms with Crippen molar-refractivity contribution in [3.05, 3.63) is 18.3 Å². The van der Waals surface area contributed by atoms with Crippen LogP contribution >= 0.6 is 0 Å². The van der Waals surface area contributed by atoms with E-state index in [-0.39, 0.29) is 0 Å². The van der Waals surface area contributed by atoms with Gasteiger partial charge < -0.3 is 19.6 Å². The summed E-state index contributed by atoms with van der Waals surface area (Å²) in [6.07, 6.45) is 7.13. The molecule has 0 radical (unpaired) electrons. The van der Waals surface area contributed by atoms with Crippen LogP contribution in [0.4, 0.5) is 11.5 Å². The smallest absolute Gasteiger partial charge is 0.308 e. The van der Waals surface area contributed by atoms with E-state index in [0.717, 1.165) is 24.6 Å². The van der Waals surface area contributed by atoms with Gasteiger partial charge in [-0.25, -0.2) is 4.98 Å². The quantitative estimate of drug-likeness (QED) is 0.793. The molecule has 2 heterocycles. The van der Waals surface area contributed by atoms with Crippen LogP contribution in [0.5, 0.6) is 0 Å². The second-order valence-corrected chi connectivity index (χ2v) is 5.30. The van der Waals surface area contributed by atoms with Crippen LogP contribution in [0.15, 0.2) is 18.3 Å². The van der Waals surface area contributed by atoms with Gasteiger partial charge in [0.1, 0.15) is 5.82 Å². The maximum Gasteiger partial charge on any atom is 0.308 e. The van der Waals surface area contributed by atoms with Crippen LogP contribution in [-0.4, -0.2) is 55.5 Å². The van der Waals surface area contributed by atoms with E-state index in [1.807, 2.05) is 17.0 Å². The van der Waals surface area contributed by atoms with Crippen LogP contribution in [0.25, 0.3) is 0 Å². The van der Waals surface area contributed by atoms with Gasteiger partial charge in [0, 0.05) is 19.6 Å². The fourth-order valence-electron chi connectivity index (χ4n) is 2.32. The molecule has 1 aliphatic heterocycles. The second kappa shape index (κ2) is 7.66. The minimum atomic E-state index is -0.833. The van der Waals surface area contributed by atoms with Gasteiger partial charge in [-0.15, -0.1) is 6.42 Å². The molecule has 0 amide bonds. The third-order valence-electron chi connectivity index (χ3n) is 3.63. The number of anilines is 2. The topological polar surface area (TPSA) is 65.9 Å². The van der Waals surface area contributed by atoms with E-state index < -0.39 is 11.9 Å². The summed E-state index contributed by atoms with van der Waals surface area (Å²) >= 11 is 0. The van der Waals surface area contributed by atoms with Crippen LogP contribution in [-0.2, 0) is 9.53 Å². The Labute approximate surface area is 130 Å². The van der Waals surface area contributed by atoms with E-state index in [0.29, 0.717) is 26.3 Å². The summed E-state index contributed by atoms with van der Waals surface area (Å²) in [5.74, 6) is 2.14. The average molecular weight is 303 g/mol. The lowest BCUT2D eigenvalue weighted by molar-refractivity contribution is -0.140. The fourth-order valence-corrected chi connectivity index (χ4v) is 2.32. The first kappa shape index (κ1) is 16.1. The first-order valence-corrected chi connectivity index (χ1v) is 7.31. The monoisotopic (exact) mass is 303 g/mol. The third-order valence-corrected chi connectivity index (χ3v) is 3.63. The number of hydrogen-bond acceptors (Lipinski definition) is 5. The molecule has 1 atom stereocenters. The highest BCUT2D eigenvalue weighted by Crippen LogP contribution is 2.19. The molecule has 1 N–H and O–H groups in total. The van der Waals surface area contributed by atoms with Gasteiger partial charge in [0.2, 0.25) is 0 Å². The highest BCUT2D eigenvalue weighted by atomic mass is 16.5. The lowest BCUT2D eigenvalue weighted by atomic mass is 10.1. The molecule has 0 spiro atoms. The highest BCUT2D eigenvalue weighted by Gasteiger charge is 2.17. The van der Waals surface area contributed by atoms with Crippen molar-refractivity contribution >= 4 is 17.5 Å². The predicted octanol–water partition coefficient (Wildman–Crippen LogP) is 1.08. The minimum Gasteiger partial charge on any atom is -0.481 e. The van der Waals surface area contributed by atoms with Gasteiger partial charge in [0.15, 0.2) is 0 Å². The summed E-state index contributed by atoms with van der Waals surface area (Å²) in [7, 11) is 0. The van der Waals surface area contributed by atoms with E-state index in [1.54, 1.807) is 13.1 Å². The van der Waals surface area contributed by atoms with E-state index in [1.165, 1.54) is 0 Å². The molecule has 6 heteroatoms. The molecule has 1 aromatic rings. The molecule has 0 saturated carbocycles. The zero-order valence-corrected chi connectivity index (χ0v) is 12.7. The zero-order chi connectivity index (χ0) is 15.9. The lowest BCUT2D eigenvalue weighted by Gasteiger charge is -2.29. The number of aliphatic carboxylic acids is 1.